The zero-order valence-corrected chi connectivity index (χ0v) is 19.2. The van der Waals surface area contributed by atoms with Gasteiger partial charge < -0.3 is 5.32 Å². The lowest BCUT2D eigenvalue weighted by atomic mass is 9.97. The largest absolute Gasteiger partial charge is 0.325 e. The van der Waals surface area contributed by atoms with Crippen LogP contribution in [0.1, 0.15) is 18.4 Å². The maximum atomic E-state index is 12.8. The van der Waals surface area contributed by atoms with E-state index >= 15 is 0 Å². The van der Waals surface area contributed by atoms with Crippen LogP contribution in [0.2, 0.25) is 0 Å². The number of nitrogens with one attached hydrogen (secondary N) is 1. The number of nitrogens with zero attached hydrogens (tertiary/aromatic N) is 2. The van der Waals surface area contributed by atoms with E-state index in [0.717, 1.165) is 9.87 Å². The smallest absolute Gasteiger partial charge is 0.244 e. The molecule has 3 rings (SSSR count). The van der Waals surface area contributed by atoms with E-state index in [4.69, 9.17) is 0 Å². The molecule has 0 bridgehead atoms. The summed E-state index contributed by atoms with van der Waals surface area (Å²) in [6.07, 6.45) is 0.755. The second-order valence-electron chi connectivity index (χ2n) is 7.69. The van der Waals surface area contributed by atoms with Crippen LogP contribution in [0, 0.1) is 5.92 Å². The standard InChI is InChI=1S/C21H27N3O5S2/c1-23(2)31(28,29)20-11-7-6-10-19(20)22-21(25)18-12-14-24(15-13-18)30(26,27)16-17-8-4-3-5-9-17/h3-11,18H,12-16H2,1-2H3,(H,22,25). The third-order valence-electron chi connectivity index (χ3n) is 5.31. The molecule has 0 unspecified atom stereocenters. The topological polar surface area (TPSA) is 104 Å². The van der Waals surface area contributed by atoms with Gasteiger partial charge in [0.1, 0.15) is 4.90 Å². The molecule has 168 valence electrons. The van der Waals surface area contributed by atoms with E-state index < -0.39 is 26.0 Å². The summed E-state index contributed by atoms with van der Waals surface area (Å²) in [5.74, 6) is -0.764. The van der Waals surface area contributed by atoms with Crippen molar-refractivity contribution in [3.63, 3.8) is 0 Å². The SMILES string of the molecule is CN(C)S(=O)(=O)c1ccccc1NC(=O)C1CCN(S(=O)(=O)Cc2ccccc2)CC1. The van der Waals surface area contributed by atoms with Gasteiger partial charge in [-0.25, -0.2) is 25.4 Å². The Bertz CT molecular complexity index is 1120. The Balaban J connectivity index is 1.64. The fourth-order valence-electron chi connectivity index (χ4n) is 3.50. The monoisotopic (exact) mass is 465 g/mol. The van der Waals surface area contributed by atoms with Crippen LogP contribution in [0.25, 0.3) is 0 Å². The quantitative estimate of drug-likeness (QED) is 0.675. The predicted molar refractivity (Wildman–Crippen MR) is 119 cm³/mol. The van der Waals surface area contributed by atoms with E-state index in [1.54, 1.807) is 42.5 Å². The zero-order chi connectivity index (χ0) is 22.6. The van der Waals surface area contributed by atoms with Crippen LogP contribution in [-0.4, -0.2) is 58.5 Å². The summed E-state index contributed by atoms with van der Waals surface area (Å²) in [5, 5.41) is 2.72. The highest BCUT2D eigenvalue weighted by Gasteiger charge is 2.32. The Labute approximate surface area is 184 Å². The van der Waals surface area contributed by atoms with Crippen molar-refractivity contribution in [1.29, 1.82) is 0 Å². The molecule has 1 saturated heterocycles. The highest BCUT2D eigenvalue weighted by atomic mass is 32.2. The van der Waals surface area contributed by atoms with Crippen LogP contribution >= 0.6 is 0 Å². The molecule has 0 radical (unpaired) electrons. The summed E-state index contributed by atoms with van der Waals surface area (Å²) in [5.41, 5.74) is 0.946. The lowest BCUT2D eigenvalue weighted by Gasteiger charge is -2.30. The molecule has 2 aromatic rings. The summed E-state index contributed by atoms with van der Waals surface area (Å²) < 4.78 is 52.9. The van der Waals surface area contributed by atoms with E-state index in [0.29, 0.717) is 12.8 Å². The molecule has 2 aromatic carbocycles. The Morgan fingerprint density at radius 2 is 1.55 bits per heavy atom. The van der Waals surface area contributed by atoms with Gasteiger partial charge in [-0.2, -0.15) is 0 Å². The van der Waals surface area contributed by atoms with Gasteiger partial charge in [0, 0.05) is 33.1 Å². The molecule has 1 amide bonds. The first-order valence-corrected chi connectivity index (χ1v) is 13.0. The third-order valence-corrected chi connectivity index (χ3v) is 9.04. The number of rotatable bonds is 7. The van der Waals surface area contributed by atoms with Crippen LogP contribution in [0.3, 0.4) is 0 Å². The first-order chi connectivity index (χ1) is 14.6. The van der Waals surface area contributed by atoms with E-state index in [-0.39, 0.29) is 35.3 Å². The molecule has 0 spiro atoms. The lowest BCUT2D eigenvalue weighted by molar-refractivity contribution is -0.120. The number of benzene rings is 2. The number of anilines is 1. The van der Waals surface area contributed by atoms with Gasteiger partial charge in [0.2, 0.25) is 26.0 Å². The van der Waals surface area contributed by atoms with Gasteiger partial charge in [0.15, 0.2) is 0 Å². The number of hydrogen-bond donors (Lipinski definition) is 1. The van der Waals surface area contributed by atoms with Gasteiger partial charge in [-0.3, -0.25) is 4.79 Å². The predicted octanol–water partition coefficient (Wildman–Crippen LogP) is 2.12. The fraction of sp³-hybridized carbons (Fsp3) is 0.381. The third kappa shape index (κ3) is 5.51. The lowest BCUT2D eigenvalue weighted by Crippen LogP contribution is -2.42. The van der Waals surface area contributed by atoms with Crippen molar-refractivity contribution in [2.75, 3.05) is 32.5 Å². The number of carbonyl (C=O) groups excluding carboxylic acids is 1. The van der Waals surface area contributed by atoms with Gasteiger partial charge in [-0.05, 0) is 30.5 Å². The van der Waals surface area contributed by atoms with Crippen molar-refractivity contribution in [3.8, 4) is 0 Å². The van der Waals surface area contributed by atoms with Crippen molar-refractivity contribution < 1.29 is 21.6 Å². The van der Waals surface area contributed by atoms with Gasteiger partial charge in [0.25, 0.3) is 0 Å². The number of amides is 1. The molecule has 1 fully saturated rings. The normalized spacial score (nSPS) is 16.4. The Morgan fingerprint density at radius 3 is 2.16 bits per heavy atom. The molecular formula is C21H27N3O5S2. The van der Waals surface area contributed by atoms with E-state index in [1.807, 2.05) is 6.07 Å². The highest BCUT2D eigenvalue weighted by molar-refractivity contribution is 7.89. The van der Waals surface area contributed by atoms with Gasteiger partial charge in [0.05, 0.1) is 11.4 Å². The Kier molecular flexibility index (Phi) is 7.15. The van der Waals surface area contributed by atoms with Gasteiger partial charge >= 0.3 is 0 Å². The average molecular weight is 466 g/mol. The zero-order valence-electron chi connectivity index (χ0n) is 17.6. The summed E-state index contributed by atoms with van der Waals surface area (Å²) >= 11 is 0. The molecule has 0 aliphatic carbocycles. The second kappa shape index (κ2) is 9.47. The maximum absolute atomic E-state index is 12.8. The summed E-state index contributed by atoms with van der Waals surface area (Å²) in [7, 11) is -4.31. The first kappa shape index (κ1) is 23.4. The number of sulfonamides is 2. The summed E-state index contributed by atoms with van der Waals surface area (Å²) in [4.78, 5) is 12.8. The minimum atomic E-state index is -3.71. The second-order valence-corrected chi connectivity index (χ2v) is 11.8. The summed E-state index contributed by atoms with van der Waals surface area (Å²) in [6, 6.07) is 15.2. The number of piperidine rings is 1. The van der Waals surface area contributed by atoms with E-state index in [9.17, 15) is 21.6 Å². The Morgan fingerprint density at radius 1 is 0.968 bits per heavy atom. The molecular weight excluding hydrogens is 438 g/mol. The maximum Gasteiger partial charge on any atom is 0.244 e. The van der Waals surface area contributed by atoms with Crippen LogP contribution in [-0.2, 0) is 30.6 Å². The minimum Gasteiger partial charge on any atom is -0.325 e. The van der Waals surface area contributed by atoms with Crippen molar-refractivity contribution in [3.05, 3.63) is 60.2 Å². The van der Waals surface area contributed by atoms with E-state index in [2.05, 4.69) is 5.32 Å². The molecule has 1 aliphatic heterocycles. The van der Waals surface area contributed by atoms with Crippen molar-refractivity contribution in [1.82, 2.24) is 8.61 Å². The molecule has 1 heterocycles. The van der Waals surface area contributed by atoms with Crippen LogP contribution < -0.4 is 5.32 Å². The number of hydrogen-bond acceptors (Lipinski definition) is 5. The molecule has 1 N–H and O–H groups in total. The number of para-hydroxylation sites is 1. The molecule has 1 aliphatic rings. The van der Waals surface area contributed by atoms with Crippen molar-refractivity contribution in [2.24, 2.45) is 5.92 Å². The minimum absolute atomic E-state index is 0.0243. The number of carbonyl (C=O) groups is 1. The van der Waals surface area contributed by atoms with E-state index in [1.165, 1.54) is 24.5 Å². The molecule has 31 heavy (non-hydrogen) atoms. The van der Waals surface area contributed by atoms with Crippen LogP contribution in [0.5, 0.6) is 0 Å². The molecule has 8 nitrogen and oxygen atoms in total. The highest BCUT2D eigenvalue weighted by Crippen LogP contribution is 2.26. The van der Waals surface area contributed by atoms with Crippen molar-refractivity contribution >= 4 is 31.6 Å². The van der Waals surface area contributed by atoms with Gasteiger partial charge in [-0.1, -0.05) is 42.5 Å². The molecule has 0 aromatic heterocycles. The summed E-state index contributed by atoms with van der Waals surface area (Å²) in [6.45, 7) is 0.510. The van der Waals surface area contributed by atoms with Crippen LogP contribution in [0.15, 0.2) is 59.5 Å². The van der Waals surface area contributed by atoms with Gasteiger partial charge in [-0.15, -0.1) is 0 Å². The first-order valence-electron chi connectivity index (χ1n) is 9.95. The fourth-order valence-corrected chi connectivity index (χ4v) is 6.10. The Hall–Kier alpha value is -2.27. The molecule has 10 heteroatoms. The average Bonchev–Trinajstić information content (AvgIpc) is 2.74. The van der Waals surface area contributed by atoms with Crippen molar-refractivity contribution in [2.45, 2.75) is 23.5 Å². The molecule has 0 atom stereocenters. The van der Waals surface area contributed by atoms with Crippen LogP contribution in [0.4, 0.5) is 5.69 Å². The molecule has 0 saturated carbocycles.